The molecule has 2 atom stereocenters. The Labute approximate surface area is 126 Å². The van der Waals surface area contributed by atoms with E-state index >= 15 is 0 Å². The lowest BCUT2D eigenvalue weighted by Crippen LogP contribution is -2.55. The monoisotopic (exact) mass is 294 g/mol. The quantitative estimate of drug-likeness (QED) is 0.662. The van der Waals surface area contributed by atoms with E-state index in [1.165, 1.54) is 0 Å². The number of amides is 2. The zero-order valence-electron chi connectivity index (χ0n) is 12.6. The van der Waals surface area contributed by atoms with Crippen LogP contribution in [0.4, 0.5) is 0 Å². The molecule has 2 amide bonds. The number of carbonyl (C=O) groups excluding carboxylic acids is 2. The van der Waals surface area contributed by atoms with Gasteiger partial charge in [-0.3, -0.25) is 14.5 Å². The summed E-state index contributed by atoms with van der Waals surface area (Å²) in [5, 5.41) is 9.35. The first-order valence-electron chi connectivity index (χ1n) is 8.27. The summed E-state index contributed by atoms with van der Waals surface area (Å²) in [6, 6.07) is 0.687. The number of piperidine rings is 2. The molecule has 0 bridgehead atoms. The van der Waals surface area contributed by atoms with Gasteiger partial charge < -0.3 is 16.0 Å². The van der Waals surface area contributed by atoms with Crippen molar-refractivity contribution in [3.05, 3.63) is 0 Å². The molecule has 21 heavy (non-hydrogen) atoms. The van der Waals surface area contributed by atoms with Crippen molar-refractivity contribution in [1.29, 1.82) is 0 Å². The fraction of sp³-hybridized carbons (Fsp3) is 0.867. The molecule has 118 valence electrons. The molecule has 3 aliphatic heterocycles. The standard InChI is InChI=1S/C15H26N4O2/c20-14-4-3-11(10-17-14)18-15(21)13-2-1-9-19(13)12-5-7-16-8-6-12/h11-13,16H,1-10H2,(H,17,20)(H,18,21). The zero-order valence-corrected chi connectivity index (χ0v) is 12.6. The zero-order chi connectivity index (χ0) is 14.7. The predicted octanol–water partition coefficient (Wildman–Crippen LogP) is -0.402. The fourth-order valence-corrected chi connectivity index (χ4v) is 3.80. The van der Waals surface area contributed by atoms with Crippen LogP contribution in [0.1, 0.15) is 38.5 Å². The van der Waals surface area contributed by atoms with Gasteiger partial charge in [0.1, 0.15) is 0 Å². The molecule has 0 aromatic heterocycles. The van der Waals surface area contributed by atoms with E-state index in [-0.39, 0.29) is 23.9 Å². The van der Waals surface area contributed by atoms with Crippen LogP contribution in [-0.4, -0.2) is 61.0 Å². The Morgan fingerprint density at radius 3 is 2.71 bits per heavy atom. The predicted molar refractivity (Wildman–Crippen MR) is 79.8 cm³/mol. The van der Waals surface area contributed by atoms with Gasteiger partial charge >= 0.3 is 0 Å². The Bertz CT molecular complexity index is 385. The summed E-state index contributed by atoms with van der Waals surface area (Å²) >= 11 is 0. The van der Waals surface area contributed by atoms with E-state index in [4.69, 9.17) is 0 Å². The van der Waals surface area contributed by atoms with Gasteiger partial charge in [-0.1, -0.05) is 0 Å². The van der Waals surface area contributed by atoms with Crippen LogP contribution >= 0.6 is 0 Å². The van der Waals surface area contributed by atoms with Gasteiger partial charge in [0.25, 0.3) is 0 Å². The number of likely N-dealkylation sites (tertiary alicyclic amines) is 1. The van der Waals surface area contributed by atoms with Crippen molar-refractivity contribution >= 4 is 11.8 Å². The number of hydrogen-bond donors (Lipinski definition) is 3. The average molecular weight is 294 g/mol. The minimum atomic E-state index is 0.0331. The van der Waals surface area contributed by atoms with Crippen LogP contribution in [0, 0.1) is 0 Å². The number of carbonyl (C=O) groups is 2. The van der Waals surface area contributed by atoms with Crippen LogP contribution in [0.15, 0.2) is 0 Å². The lowest BCUT2D eigenvalue weighted by Gasteiger charge is -2.36. The van der Waals surface area contributed by atoms with Gasteiger partial charge in [-0.15, -0.1) is 0 Å². The topological polar surface area (TPSA) is 73.5 Å². The molecular formula is C15H26N4O2. The third-order valence-electron chi connectivity index (χ3n) is 4.99. The molecule has 0 spiro atoms. The number of nitrogens with one attached hydrogen (secondary N) is 3. The first-order valence-corrected chi connectivity index (χ1v) is 8.27. The molecule has 0 aromatic carbocycles. The normalized spacial score (nSPS) is 31.9. The first kappa shape index (κ1) is 14.8. The van der Waals surface area contributed by atoms with Crippen molar-refractivity contribution < 1.29 is 9.59 Å². The lowest BCUT2D eigenvalue weighted by atomic mass is 10.0. The molecular weight excluding hydrogens is 268 g/mol. The number of nitrogens with zero attached hydrogens (tertiary/aromatic N) is 1. The highest BCUT2D eigenvalue weighted by Crippen LogP contribution is 2.24. The summed E-state index contributed by atoms with van der Waals surface area (Å²) in [6.45, 7) is 3.74. The molecule has 0 aliphatic carbocycles. The van der Waals surface area contributed by atoms with Crippen molar-refractivity contribution in [1.82, 2.24) is 20.9 Å². The molecule has 3 N–H and O–H groups in total. The highest BCUT2D eigenvalue weighted by molar-refractivity contribution is 5.83. The SMILES string of the molecule is O=C1CCC(NC(=O)C2CCCN2C2CCNCC2)CN1. The number of hydrogen-bond acceptors (Lipinski definition) is 4. The van der Waals surface area contributed by atoms with Gasteiger partial charge in [-0.05, 0) is 51.7 Å². The highest BCUT2D eigenvalue weighted by Gasteiger charge is 2.36. The minimum absolute atomic E-state index is 0.0331. The van der Waals surface area contributed by atoms with Gasteiger partial charge in [-0.2, -0.15) is 0 Å². The van der Waals surface area contributed by atoms with Crippen LogP contribution in [0.25, 0.3) is 0 Å². The van der Waals surface area contributed by atoms with E-state index in [9.17, 15) is 9.59 Å². The first-order chi connectivity index (χ1) is 10.2. The molecule has 3 saturated heterocycles. The van der Waals surface area contributed by atoms with Crippen molar-refractivity contribution in [3.63, 3.8) is 0 Å². The van der Waals surface area contributed by atoms with Gasteiger partial charge in [-0.25, -0.2) is 0 Å². The van der Waals surface area contributed by atoms with E-state index in [0.717, 1.165) is 51.7 Å². The van der Waals surface area contributed by atoms with Gasteiger partial charge in [0.05, 0.1) is 6.04 Å². The Hall–Kier alpha value is -1.14. The Kier molecular flexibility index (Phi) is 4.75. The van der Waals surface area contributed by atoms with Crippen molar-refractivity contribution in [2.75, 3.05) is 26.2 Å². The van der Waals surface area contributed by atoms with E-state index in [1.54, 1.807) is 0 Å². The summed E-state index contributed by atoms with van der Waals surface area (Å²) in [5.41, 5.74) is 0. The maximum absolute atomic E-state index is 12.6. The lowest BCUT2D eigenvalue weighted by molar-refractivity contribution is -0.129. The minimum Gasteiger partial charge on any atom is -0.354 e. The number of rotatable bonds is 3. The molecule has 0 aromatic rings. The maximum atomic E-state index is 12.6. The molecule has 3 fully saturated rings. The molecule has 3 heterocycles. The molecule has 3 aliphatic rings. The maximum Gasteiger partial charge on any atom is 0.237 e. The van der Waals surface area contributed by atoms with Crippen LogP contribution in [0.5, 0.6) is 0 Å². The summed E-state index contributed by atoms with van der Waals surface area (Å²) < 4.78 is 0. The summed E-state index contributed by atoms with van der Waals surface area (Å²) in [4.78, 5) is 26.2. The molecule has 6 heteroatoms. The van der Waals surface area contributed by atoms with Crippen LogP contribution in [-0.2, 0) is 9.59 Å². The third kappa shape index (κ3) is 3.55. The average Bonchev–Trinajstić information content (AvgIpc) is 3.00. The van der Waals surface area contributed by atoms with E-state index in [0.29, 0.717) is 19.0 Å². The van der Waals surface area contributed by atoms with Crippen molar-refractivity contribution in [3.8, 4) is 0 Å². The Morgan fingerprint density at radius 1 is 1.19 bits per heavy atom. The van der Waals surface area contributed by atoms with Crippen LogP contribution in [0.2, 0.25) is 0 Å². The molecule has 2 unspecified atom stereocenters. The summed E-state index contributed by atoms with van der Waals surface area (Å²) in [6.07, 6.45) is 5.65. The third-order valence-corrected chi connectivity index (χ3v) is 4.99. The second-order valence-corrected chi connectivity index (χ2v) is 6.43. The largest absolute Gasteiger partial charge is 0.354 e. The fourth-order valence-electron chi connectivity index (χ4n) is 3.80. The van der Waals surface area contributed by atoms with Crippen LogP contribution in [0.3, 0.4) is 0 Å². The van der Waals surface area contributed by atoms with Gasteiger partial charge in [0.2, 0.25) is 11.8 Å². The second kappa shape index (κ2) is 6.75. The molecule has 0 radical (unpaired) electrons. The van der Waals surface area contributed by atoms with Gasteiger partial charge in [0, 0.05) is 25.0 Å². The Balaban J connectivity index is 1.54. The summed E-state index contributed by atoms with van der Waals surface area (Å²) in [5.74, 6) is 0.255. The second-order valence-electron chi connectivity index (χ2n) is 6.43. The van der Waals surface area contributed by atoms with Crippen molar-refractivity contribution in [2.45, 2.75) is 56.7 Å². The highest BCUT2D eigenvalue weighted by atomic mass is 16.2. The van der Waals surface area contributed by atoms with E-state index < -0.39 is 0 Å². The molecule has 0 saturated carbocycles. The molecule has 6 nitrogen and oxygen atoms in total. The smallest absolute Gasteiger partial charge is 0.237 e. The van der Waals surface area contributed by atoms with Crippen molar-refractivity contribution in [2.24, 2.45) is 0 Å². The Morgan fingerprint density at radius 2 is 2.00 bits per heavy atom. The van der Waals surface area contributed by atoms with Crippen LogP contribution < -0.4 is 16.0 Å². The molecule has 3 rings (SSSR count). The van der Waals surface area contributed by atoms with E-state index in [1.807, 2.05) is 0 Å². The van der Waals surface area contributed by atoms with Gasteiger partial charge in [0.15, 0.2) is 0 Å². The van der Waals surface area contributed by atoms with E-state index in [2.05, 4.69) is 20.9 Å². The summed E-state index contributed by atoms with van der Waals surface area (Å²) in [7, 11) is 0.